The minimum absolute atomic E-state index is 0.0214. The van der Waals surface area contributed by atoms with E-state index in [2.05, 4.69) is 17.0 Å². The molecule has 0 saturated carbocycles. The van der Waals surface area contributed by atoms with Crippen LogP contribution < -0.4 is 0 Å². The van der Waals surface area contributed by atoms with Gasteiger partial charge in [0.15, 0.2) is 5.69 Å². The van der Waals surface area contributed by atoms with Crippen LogP contribution in [-0.2, 0) is 10.2 Å². The van der Waals surface area contributed by atoms with Gasteiger partial charge in [0.2, 0.25) is 0 Å². The van der Waals surface area contributed by atoms with Crippen LogP contribution in [0.25, 0.3) is 0 Å². The number of carbonyl (C=O) groups is 1. The maximum atomic E-state index is 12.7. The lowest BCUT2D eigenvalue weighted by molar-refractivity contribution is 0.0119. The van der Waals surface area contributed by atoms with Crippen LogP contribution >= 0.6 is 0 Å². The zero-order valence-corrected chi connectivity index (χ0v) is 14.5. The Bertz CT molecular complexity index is 558. The smallest absolute Gasteiger partial charge is 0.276 e. The topological polar surface area (TPSA) is 58.8 Å². The number of nitrogens with zero attached hydrogens (tertiary/aromatic N) is 3. The van der Waals surface area contributed by atoms with E-state index in [1.165, 1.54) is 0 Å². The lowest BCUT2D eigenvalue weighted by Gasteiger charge is -2.33. The van der Waals surface area contributed by atoms with Crippen LogP contribution in [0.4, 0.5) is 0 Å². The zero-order valence-electron chi connectivity index (χ0n) is 14.5. The lowest BCUT2D eigenvalue weighted by Crippen LogP contribution is -2.47. The standard InChI is InChI=1S/C17H27N3O3/c1-12-10-20(11-14(12)19-5-7-22-8-6-19)16(21)13-9-15(23-18-13)17(2,3)4/h9,12,14H,5-8,10-11H2,1-4H3. The molecule has 128 valence electrons. The van der Waals surface area contributed by atoms with Gasteiger partial charge in [-0.2, -0.15) is 0 Å². The van der Waals surface area contributed by atoms with E-state index in [1.807, 2.05) is 25.7 Å². The number of hydrogen-bond acceptors (Lipinski definition) is 5. The summed E-state index contributed by atoms with van der Waals surface area (Å²) in [6.07, 6.45) is 0. The van der Waals surface area contributed by atoms with Crippen molar-refractivity contribution in [2.24, 2.45) is 5.92 Å². The van der Waals surface area contributed by atoms with Crippen molar-refractivity contribution in [1.82, 2.24) is 15.0 Å². The third-order valence-corrected chi connectivity index (χ3v) is 4.84. The van der Waals surface area contributed by atoms with Gasteiger partial charge in [-0.1, -0.05) is 32.9 Å². The molecular formula is C17H27N3O3. The molecular weight excluding hydrogens is 294 g/mol. The molecule has 1 amide bonds. The van der Waals surface area contributed by atoms with Crippen molar-refractivity contribution < 1.29 is 14.1 Å². The summed E-state index contributed by atoms with van der Waals surface area (Å²) in [4.78, 5) is 17.1. The van der Waals surface area contributed by atoms with Crippen molar-refractivity contribution >= 4 is 5.91 Å². The van der Waals surface area contributed by atoms with Gasteiger partial charge in [0, 0.05) is 43.7 Å². The summed E-state index contributed by atoms with van der Waals surface area (Å²) < 4.78 is 10.8. The minimum Gasteiger partial charge on any atom is -0.379 e. The Morgan fingerprint density at radius 3 is 2.57 bits per heavy atom. The second-order valence-electron chi connectivity index (χ2n) is 7.73. The molecule has 0 radical (unpaired) electrons. The fraction of sp³-hybridized carbons (Fsp3) is 0.765. The third-order valence-electron chi connectivity index (χ3n) is 4.84. The van der Waals surface area contributed by atoms with Crippen molar-refractivity contribution in [3.8, 4) is 0 Å². The van der Waals surface area contributed by atoms with Gasteiger partial charge in [-0.25, -0.2) is 0 Å². The summed E-state index contributed by atoms with van der Waals surface area (Å²) in [5.74, 6) is 1.19. The highest BCUT2D eigenvalue weighted by atomic mass is 16.5. The highest BCUT2D eigenvalue weighted by molar-refractivity contribution is 5.92. The minimum atomic E-state index is -0.139. The van der Waals surface area contributed by atoms with Crippen molar-refractivity contribution in [3.05, 3.63) is 17.5 Å². The lowest BCUT2D eigenvalue weighted by atomic mass is 9.93. The van der Waals surface area contributed by atoms with Crippen molar-refractivity contribution in [1.29, 1.82) is 0 Å². The molecule has 2 fully saturated rings. The number of aromatic nitrogens is 1. The van der Waals surface area contributed by atoms with Crippen molar-refractivity contribution in [2.45, 2.75) is 39.2 Å². The SMILES string of the molecule is CC1CN(C(=O)c2cc(C(C)(C)C)on2)CC1N1CCOCC1. The summed E-state index contributed by atoms with van der Waals surface area (Å²) in [6.45, 7) is 13.4. The summed E-state index contributed by atoms with van der Waals surface area (Å²) in [5.41, 5.74) is 0.282. The van der Waals surface area contributed by atoms with E-state index in [-0.39, 0.29) is 11.3 Å². The Kier molecular flexibility index (Phi) is 4.47. The predicted molar refractivity (Wildman–Crippen MR) is 86.5 cm³/mol. The van der Waals surface area contributed by atoms with Crippen LogP contribution in [0.1, 0.15) is 43.9 Å². The summed E-state index contributed by atoms with van der Waals surface area (Å²) in [5, 5.41) is 3.99. The molecule has 2 atom stereocenters. The first kappa shape index (κ1) is 16.5. The molecule has 0 spiro atoms. The predicted octanol–water partition coefficient (Wildman–Crippen LogP) is 1.76. The van der Waals surface area contributed by atoms with E-state index < -0.39 is 0 Å². The first-order valence-electron chi connectivity index (χ1n) is 8.44. The Hall–Kier alpha value is -1.40. The molecule has 1 aromatic rings. The van der Waals surface area contributed by atoms with Crippen LogP contribution in [0.15, 0.2) is 10.6 Å². The molecule has 1 aromatic heterocycles. The number of morpholine rings is 1. The number of likely N-dealkylation sites (tertiary alicyclic amines) is 1. The van der Waals surface area contributed by atoms with Gasteiger partial charge in [-0.05, 0) is 5.92 Å². The van der Waals surface area contributed by atoms with Crippen molar-refractivity contribution in [2.75, 3.05) is 39.4 Å². The maximum absolute atomic E-state index is 12.7. The number of amides is 1. The fourth-order valence-corrected chi connectivity index (χ4v) is 3.39. The normalized spacial score (nSPS) is 26.7. The van der Waals surface area contributed by atoms with Gasteiger partial charge < -0.3 is 14.2 Å². The highest BCUT2D eigenvalue weighted by Gasteiger charge is 2.37. The molecule has 0 N–H and O–H groups in total. The van der Waals surface area contributed by atoms with Crippen LogP contribution in [-0.4, -0.2) is 66.3 Å². The number of carbonyl (C=O) groups excluding carboxylic acids is 1. The van der Waals surface area contributed by atoms with E-state index in [1.54, 1.807) is 6.07 Å². The Balaban J connectivity index is 1.67. The largest absolute Gasteiger partial charge is 0.379 e. The summed E-state index contributed by atoms with van der Waals surface area (Å²) in [7, 11) is 0. The number of rotatable bonds is 2. The maximum Gasteiger partial charge on any atom is 0.276 e. The Morgan fingerprint density at radius 1 is 1.26 bits per heavy atom. The van der Waals surface area contributed by atoms with Crippen molar-refractivity contribution in [3.63, 3.8) is 0 Å². The first-order chi connectivity index (χ1) is 10.9. The zero-order chi connectivity index (χ0) is 16.6. The quantitative estimate of drug-likeness (QED) is 0.831. The summed E-state index contributed by atoms with van der Waals surface area (Å²) >= 11 is 0. The molecule has 23 heavy (non-hydrogen) atoms. The summed E-state index contributed by atoms with van der Waals surface area (Å²) in [6, 6.07) is 2.20. The van der Waals surface area contributed by atoms with E-state index in [4.69, 9.17) is 9.26 Å². The van der Waals surface area contributed by atoms with Crippen LogP contribution in [0.3, 0.4) is 0 Å². The van der Waals surface area contributed by atoms with Gasteiger partial charge in [-0.15, -0.1) is 0 Å². The Morgan fingerprint density at radius 2 is 1.96 bits per heavy atom. The van der Waals surface area contributed by atoms with Gasteiger partial charge in [0.1, 0.15) is 5.76 Å². The average Bonchev–Trinajstić information content (AvgIpc) is 3.14. The second-order valence-corrected chi connectivity index (χ2v) is 7.73. The van der Waals surface area contributed by atoms with E-state index in [0.717, 1.165) is 45.2 Å². The molecule has 6 nitrogen and oxygen atoms in total. The monoisotopic (exact) mass is 321 g/mol. The Labute approximate surface area is 137 Å². The molecule has 0 aliphatic carbocycles. The average molecular weight is 321 g/mol. The highest BCUT2D eigenvalue weighted by Crippen LogP contribution is 2.26. The molecule has 6 heteroatoms. The molecule has 3 rings (SSSR count). The molecule has 2 saturated heterocycles. The first-order valence-corrected chi connectivity index (χ1v) is 8.44. The van der Waals surface area contributed by atoms with Gasteiger partial charge in [0.25, 0.3) is 5.91 Å². The van der Waals surface area contributed by atoms with Crippen LogP contribution in [0.5, 0.6) is 0 Å². The molecule has 0 bridgehead atoms. The number of ether oxygens (including phenoxy) is 1. The second kappa shape index (κ2) is 6.24. The molecule has 0 aromatic carbocycles. The molecule has 2 aliphatic rings. The molecule has 2 unspecified atom stereocenters. The van der Waals surface area contributed by atoms with E-state index in [0.29, 0.717) is 17.7 Å². The third kappa shape index (κ3) is 3.43. The number of hydrogen-bond donors (Lipinski definition) is 0. The van der Waals surface area contributed by atoms with Crippen LogP contribution in [0.2, 0.25) is 0 Å². The van der Waals surface area contributed by atoms with E-state index >= 15 is 0 Å². The molecule has 3 heterocycles. The van der Waals surface area contributed by atoms with E-state index in [9.17, 15) is 4.79 Å². The molecule has 2 aliphatic heterocycles. The van der Waals surface area contributed by atoms with Crippen LogP contribution in [0, 0.1) is 5.92 Å². The fourth-order valence-electron chi connectivity index (χ4n) is 3.39. The van der Waals surface area contributed by atoms with Gasteiger partial charge in [0.05, 0.1) is 13.2 Å². The van der Waals surface area contributed by atoms with Gasteiger partial charge in [-0.3, -0.25) is 9.69 Å². The van der Waals surface area contributed by atoms with Gasteiger partial charge >= 0.3 is 0 Å².